The highest BCUT2D eigenvalue weighted by molar-refractivity contribution is 6.31. The number of aliphatic hydroxyl groups is 1. The van der Waals surface area contributed by atoms with Crippen LogP contribution in [0.5, 0.6) is 0 Å². The standard InChI is InChI=1S/C12H13ClO3.C8H9ClO/c1-8(14)11-4-3-10(12(13)7-11)5-6-16-9(2)15;9-8-4-2-1-3-7(8)5-6-10/h3-4,7H,5-6H2,1-2H3;1-4,10H,5-6H2. The van der Waals surface area contributed by atoms with E-state index in [1.54, 1.807) is 18.2 Å². The fourth-order valence-corrected chi connectivity index (χ4v) is 2.60. The van der Waals surface area contributed by atoms with E-state index in [2.05, 4.69) is 0 Å². The number of carbonyl (C=O) groups excluding carboxylic acids is 2. The summed E-state index contributed by atoms with van der Waals surface area (Å²) in [7, 11) is 0. The molecule has 0 aliphatic rings. The third-order valence-electron chi connectivity index (χ3n) is 3.48. The summed E-state index contributed by atoms with van der Waals surface area (Å²) in [4.78, 5) is 21.6. The number of ether oxygens (including phenoxy) is 1. The summed E-state index contributed by atoms with van der Waals surface area (Å²) in [5.41, 5.74) is 2.46. The van der Waals surface area contributed by atoms with Crippen molar-refractivity contribution in [1.29, 1.82) is 0 Å². The third-order valence-corrected chi connectivity index (χ3v) is 4.20. The van der Waals surface area contributed by atoms with Crippen molar-refractivity contribution in [2.75, 3.05) is 13.2 Å². The van der Waals surface area contributed by atoms with Crippen molar-refractivity contribution in [3.63, 3.8) is 0 Å². The van der Waals surface area contributed by atoms with Crippen LogP contribution in [-0.4, -0.2) is 30.1 Å². The van der Waals surface area contributed by atoms with Gasteiger partial charge in [-0.25, -0.2) is 0 Å². The molecule has 6 heteroatoms. The summed E-state index contributed by atoms with van der Waals surface area (Å²) in [6.45, 7) is 3.31. The molecule has 0 fully saturated rings. The second-order valence-corrected chi connectivity index (χ2v) is 6.33. The van der Waals surface area contributed by atoms with Crippen LogP contribution >= 0.6 is 23.2 Å². The van der Waals surface area contributed by atoms with E-state index in [0.29, 0.717) is 30.0 Å². The first-order valence-electron chi connectivity index (χ1n) is 8.12. The van der Waals surface area contributed by atoms with Crippen molar-refractivity contribution >= 4 is 35.0 Å². The second-order valence-electron chi connectivity index (χ2n) is 5.52. The number of rotatable bonds is 6. The van der Waals surface area contributed by atoms with Crippen molar-refractivity contribution in [3.8, 4) is 0 Å². The van der Waals surface area contributed by atoms with Gasteiger partial charge in [-0.15, -0.1) is 0 Å². The van der Waals surface area contributed by atoms with E-state index in [0.717, 1.165) is 16.1 Å². The summed E-state index contributed by atoms with van der Waals surface area (Å²) in [6.07, 6.45) is 1.19. The fourth-order valence-electron chi connectivity index (χ4n) is 2.10. The van der Waals surface area contributed by atoms with Gasteiger partial charge in [0, 0.05) is 35.6 Å². The lowest BCUT2D eigenvalue weighted by atomic mass is 10.1. The zero-order valence-electron chi connectivity index (χ0n) is 14.8. The van der Waals surface area contributed by atoms with Crippen molar-refractivity contribution in [2.45, 2.75) is 26.7 Å². The van der Waals surface area contributed by atoms with Gasteiger partial charge in [-0.2, -0.15) is 0 Å². The topological polar surface area (TPSA) is 63.6 Å². The normalized spacial score (nSPS) is 9.88. The van der Waals surface area contributed by atoms with E-state index in [1.807, 2.05) is 24.3 Å². The molecule has 0 unspecified atom stereocenters. The number of hydrogen-bond donors (Lipinski definition) is 1. The molecule has 0 amide bonds. The molecule has 140 valence electrons. The molecule has 0 radical (unpaired) electrons. The molecule has 0 saturated carbocycles. The van der Waals surface area contributed by atoms with Gasteiger partial charge in [-0.1, -0.05) is 53.5 Å². The van der Waals surface area contributed by atoms with Gasteiger partial charge in [0.25, 0.3) is 0 Å². The van der Waals surface area contributed by atoms with Gasteiger partial charge >= 0.3 is 5.97 Å². The molecule has 0 aliphatic heterocycles. The van der Waals surface area contributed by atoms with Gasteiger partial charge in [-0.3, -0.25) is 9.59 Å². The minimum Gasteiger partial charge on any atom is -0.466 e. The first-order valence-corrected chi connectivity index (χ1v) is 8.87. The number of carbonyl (C=O) groups is 2. The van der Waals surface area contributed by atoms with Crippen LogP contribution in [0.15, 0.2) is 42.5 Å². The molecular formula is C20H22Cl2O4. The number of benzene rings is 2. The monoisotopic (exact) mass is 396 g/mol. The number of halogens is 2. The zero-order chi connectivity index (χ0) is 19.5. The van der Waals surface area contributed by atoms with Gasteiger partial charge in [0.05, 0.1) is 6.61 Å². The SMILES string of the molecule is CC(=O)OCCc1ccc(C(C)=O)cc1Cl.OCCc1ccccc1Cl. The minimum atomic E-state index is -0.309. The summed E-state index contributed by atoms with van der Waals surface area (Å²) in [5.74, 6) is -0.329. The predicted octanol–water partition coefficient (Wildman–Crippen LogP) is 4.52. The molecule has 26 heavy (non-hydrogen) atoms. The molecule has 0 spiro atoms. The summed E-state index contributed by atoms with van der Waals surface area (Å²) < 4.78 is 4.81. The van der Waals surface area contributed by atoms with Crippen LogP contribution in [0, 0.1) is 0 Å². The van der Waals surface area contributed by atoms with Crippen molar-refractivity contribution in [1.82, 2.24) is 0 Å². The molecule has 0 bridgehead atoms. The summed E-state index contributed by atoms with van der Waals surface area (Å²) >= 11 is 11.8. The lowest BCUT2D eigenvalue weighted by molar-refractivity contribution is -0.140. The molecular weight excluding hydrogens is 375 g/mol. The van der Waals surface area contributed by atoms with Crippen LogP contribution in [0.4, 0.5) is 0 Å². The highest BCUT2D eigenvalue weighted by Crippen LogP contribution is 2.19. The van der Waals surface area contributed by atoms with Crippen LogP contribution < -0.4 is 0 Å². The Morgan fingerprint density at radius 1 is 0.962 bits per heavy atom. The average Bonchev–Trinajstić information content (AvgIpc) is 2.59. The Labute approximate surface area is 163 Å². The molecule has 2 aromatic carbocycles. The molecule has 0 heterocycles. The first kappa shape index (κ1) is 22.2. The van der Waals surface area contributed by atoms with E-state index in [1.165, 1.54) is 13.8 Å². The largest absolute Gasteiger partial charge is 0.466 e. The maximum atomic E-state index is 11.1. The maximum absolute atomic E-state index is 11.1. The Balaban J connectivity index is 0.000000289. The van der Waals surface area contributed by atoms with Crippen molar-refractivity contribution in [2.24, 2.45) is 0 Å². The van der Waals surface area contributed by atoms with Crippen LogP contribution in [0.1, 0.15) is 35.3 Å². The predicted molar refractivity (Wildman–Crippen MR) is 104 cm³/mol. The number of ketones is 1. The first-order chi connectivity index (χ1) is 12.3. The molecule has 0 aromatic heterocycles. The van der Waals surface area contributed by atoms with Gasteiger partial charge in [0.15, 0.2) is 5.78 Å². The number of esters is 1. The lowest BCUT2D eigenvalue weighted by Crippen LogP contribution is -2.04. The average molecular weight is 397 g/mol. The van der Waals surface area contributed by atoms with E-state index in [9.17, 15) is 9.59 Å². The van der Waals surface area contributed by atoms with E-state index in [-0.39, 0.29) is 18.4 Å². The van der Waals surface area contributed by atoms with Gasteiger partial charge in [0.1, 0.15) is 0 Å². The van der Waals surface area contributed by atoms with Crippen LogP contribution in [-0.2, 0) is 22.4 Å². The Hall–Kier alpha value is -1.88. The summed E-state index contributed by atoms with van der Waals surface area (Å²) in [5, 5.41) is 9.85. The van der Waals surface area contributed by atoms with Crippen molar-refractivity contribution < 1.29 is 19.4 Å². The molecule has 2 aromatic rings. The lowest BCUT2D eigenvalue weighted by Gasteiger charge is -2.05. The highest BCUT2D eigenvalue weighted by Gasteiger charge is 2.05. The van der Waals surface area contributed by atoms with Gasteiger partial charge < -0.3 is 9.84 Å². The number of hydrogen-bond acceptors (Lipinski definition) is 4. The Morgan fingerprint density at radius 3 is 2.15 bits per heavy atom. The molecule has 1 N–H and O–H groups in total. The van der Waals surface area contributed by atoms with Crippen LogP contribution in [0.2, 0.25) is 10.0 Å². The Kier molecular flexibility index (Phi) is 9.96. The van der Waals surface area contributed by atoms with Crippen molar-refractivity contribution in [3.05, 3.63) is 69.2 Å². The van der Waals surface area contributed by atoms with Gasteiger partial charge in [0.2, 0.25) is 0 Å². The second kappa shape index (κ2) is 11.7. The Bertz CT molecular complexity index is 744. The minimum absolute atomic E-state index is 0.0200. The van der Waals surface area contributed by atoms with E-state index >= 15 is 0 Å². The van der Waals surface area contributed by atoms with Crippen LogP contribution in [0.25, 0.3) is 0 Å². The fraction of sp³-hybridized carbons (Fsp3) is 0.300. The quantitative estimate of drug-likeness (QED) is 0.575. The van der Waals surface area contributed by atoms with E-state index < -0.39 is 0 Å². The number of aliphatic hydroxyl groups excluding tert-OH is 1. The third kappa shape index (κ3) is 8.00. The molecule has 0 saturated heterocycles. The van der Waals surface area contributed by atoms with E-state index in [4.69, 9.17) is 33.0 Å². The molecule has 0 aliphatic carbocycles. The maximum Gasteiger partial charge on any atom is 0.302 e. The number of Topliss-reactive ketones (excluding diaryl/α,β-unsaturated/α-hetero) is 1. The highest BCUT2D eigenvalue weighted by atomic mass is 35.5. The summed E-state index contributed by atoms with van der Waals surface area (Å²) in [6, 6.07) is 12.7. The Morgan fingerprint density at radius 2 is 1.62 bits per heavy atom. The smallest absolute Gasteiger partial charge is 0.302 e. The van der Waals surface area contributed by atoms with Crippen LogP contribution in [0.3, 0.4) is 0 Å². The molecule has 0 atom stereocenters. The zero-order valence-corrected chi connectivity index (χ0v) is 16.3. The van der Waals surface area contributed by atoms with Gasteiger partial charge in [-0.05, 0) is 36.6 Å². The molecule has 4 nitrogen and oxygen atoms in total. The molecule has 2 rings (SSSR count).